The Hall–Kier alpha value is -3.22. The highest BCUT2D eigenvalue weighted by Gasteiger charge is 2.35. The Kier molecular flexibility index (Phi) is 4.35. The number of halogens is 1. The van der Waals surface area contributed by atoms with E-state index in [0.717, 1.165) is 11.3 Å². The van der Waals surface area contributed by atoms with Crippen LogP contribution in [0, 0.1) is 5.82 Å². The van der Waals surface area contributed by atoms with E-state index in [4.69, 9.17) is 4.52 Å². The lowest BCUT2D eigenvalue weighted by Gasteiger charge is -2.15. The van der Waals surface area contributed by atoms with Crippen molar-refractivity contribution < 1.29 is 13.7 Å². The molecule has 1 saturated heterocycles. The Morgan fingerprint density at radius 1 is 1.11 bits per heavy atom. The first-order valence-corrected chi connectivity index (χ1v) is 8.68. The molecule has 0 unspecified atom stereocenters. The minimum absolute atomic E-state index is 0.0401. The van der Waals surface area contributed by atoms with E-state index in [-0.39, 0.29) is 17.6 Å². The van der Waals surface area contributed by atoms with Gasteiger partial charge in [-0.3, -0.25) is 4.79 Å². The van der Waals surface area contributed by atoms with Gasteiger partial charge in [0, 0.05) is 44.0 Å². The van der Waals surface area contributed by atoms with Crippen LogP contribution in [0.5, 0.6) is 0 Å². The molecule has 1 atom stereocenters. The topological polar surface area (TPSA) is 62.5 Å². The maximum absolute atomic E-state index is 13.1. The predicted molar refractivity (Wildman–Crippen MR) is 100 cm³/mol. The van der Waals surface area contributed by atoms with Crippen LogP contribution in [0.1, 0.15) is 18.2 Å². The minimum atomic E-state index is -0.330. The second-order valence-corrected chi connectivity index (χ2v) is 6.78. The summed E-state index contributed by atoms with van der Waals surface area (Å²) in [5, 5.41) is 4.06. The lowest BCUT2D eigenvalue weighted by molar-refractivity contribution is -0.117. The average molecular weight is 366 g/mol. The monoisotopic (exact) mass is 366 g/mol. The Labute approximate surface area is 156 Å². The normalized spacial score (nSPS) is 16.8. The van der Waals surface area contributed by atoms with Crippen molar-refractivity contribution in [3.63, 3.8) is 0 Å². The summed E-state index contributed by atoms with van der Waals surface area (Å²) < 4.78 is 18.5. The number of hydrogen-bond acceptors (Lipinski definition) is 5. The van der Waals surface area contributed by atoms with Crippen molar-refractivity contribution in [3.05, 3.63) is 60.2 Å². The molecule has 7 heteroatoms. The van der Waals surface area contributed by atoms with Crippen molar-refractivity contribution in [1.82, 2.24) is 10.1 Å². The number of carbonyl (C=O) groups is 1. The first-order chi connectivity index (χ1) is 13.0. The molecule has 4 rings (SSSR count). The second kappa shape index (κ2) is 6.83. The molecule has 0 saturated carbocycles. The van der Waals surface area contributed by atoms with Gasteiger partial charge < -0.3 is 14.3 Å². The predicted octanol–water partition coefficient (Wildman–Crippen LogP) is 3.46. The lowest BCUT2D eigenvalue weighted by atomic mass is 10.1. The molecule has 1 aliphatic rings. The summed E-state index contributed by atoms with van der Waals surface area (Å²) in [5.41, 5.74) is 2.61. The smallest absolute Gasteiger partial charge is 0.232 e. The Morgan fingerprint density at radius 2 is 1.81 bits per heavy atom. The zero-order valence-corrected chi connectivity index (χ0v) is 15.1. The van der Waals surface area contributed by atoms with Crippen LogP contribution in [0.3, 0.4) is 0 Å². The van der Waals surface area contributed by atoms with E-state index in [1.807, 2.05) is 43.3 Å². The molecule has 2 aromatic carbocycles. The van der Waals surface area contributed by atoms with E-state index in [2.05, 4.69) is 10.1 Å². The Bertz CT molecular complexity index is 951. The zero-order valence-electron chi connectivity index (χ0n) is 15.1. The van der Waals surface area contributed by atoms with Crippen LogP contribution in [-0.2, 0) is 4.79 Å². The summed E-state index contributed by atoms with van der Waals surface area (Å²) in [4.78, 5) is 20.5. The van der Waals surface area contributed by atoms with Crippen molar-refractivity contribution in [2.75, 3.05) is 30.4 Å². The van der Waals surface area contributed by atoms with E-state index in [9.17, 15) is 9.18 Å². The van der Waals surface area contributed by atoms with Gasteiger partial charge in [-0.05, 0) is 48.5 Å². The number of amides is 1. The molecule has 27 heavy (non-hydrogen) atoms. The fourth-order valence-electron chi connectivity index (χ4n) is 3.17. The number of aromatic nitrogens is 2. The van der Waals surface area contributed by atoms with E-state index in [0.29, 0.717) is 30.4 Å². The highest BCUT2D eigenvalue weighted by molar-refractivity contribution is 5.96. The highest BCUT2D eigenvalue weighted by atomic mass is 19.1. The molecular formula is C20H19FN4O2. The van der Waals surface area contributed by atoms with Gasteiger partial charge in [0.1, 0.15) is 5.82 Å². The maximum Gasteiger partial charge on any atom is 0.232 e. The number of rotatable bonds is 4. The lowest BCUT2D eigenvalue weighted by Crippen LogP contribution is -2.24. The van der Waals surface area contributed by atoms with Crippen LogP contribution in [0.2, 0.25) is 0 Å². The Balaban J connectivity index is 1.52. The molecule has 3 aromatic rings. The minimum Gasteiger partial charge on any atom is -0.378 e. The largest absolute Gasteiger partial charge is 0.378 e. The summed E-state index contributed by atoms with van der Waals surface area (Å²) in [5.74, 6) is 0.401. The number of carbonyl (C=O) groups excluding carboxylic acids is 1. The van der Waals surface area contributed by atoms with Crippen LogP contribution < -0.4 is 9.80 Å². The van der Waals surface area contributed by atoms with Gasteiger partial charge in [-0.2, -0.15) is 4.98 Å². The molecule has 0 bridgehead atoms. The van der Waals surface area contributed by atoms with Gasteiger partial charge in [0.05, 0.1) is 5.92 Å². The standard InChI is InChI=1S/C20H19FN4O2/c1-24(2)16-7-3-13(4-8-16)19-22-20(27-23-19)14-11-18(26)25(12-14)17-9-5-15(21)6-10-17/h3-10,14H,11-12H2,1-2H3/t14-/m1/s1. The van der Waals surface area contributed by atoms with Gasteiger partial charge in [-0.15, -0.1) is 0 Å². The molecule has 0 N–H and O–H groups in total. The molecule has 0 spiro atoms. The second-order valence-electron chi connectivity index (χ2n) is 6.78. The molecule has 1 amide bonds. The molecule has 1 aliphatic heterocycles. The summed E-state index contributed by atoms with van der Waals surface area (Å²) in [6, 6.07) is 13.7. The van der Waals surface area contributed by atoms with Crippen LogP contribution in [-0.4, -0.2) is 36.7 Å². The molecule has 1 fully saturated rings. The molecule has 2 heterocycles. The number of benzene rings is 2. The molecule has 138 valence electrons. The van der Waals surface area contributed by atoms with Crippen molar-refractivity contribution in [2.24, 2.45) is 0 Å². The first kappa shape index (κ1) is 17.2. The van der Waals surface area contributed by atoms with Crippen molar-refractivity contribution in [3.8, 4) is 11.4 Å². The summed E-state index contributed by atoms with van der Waals surface area (Å²) >= 11 is 0. The molecule has 0 radical (unpaired) electrons. The van der Waals surface area contributed by atoms with Gasteiger partial charge in [-0.1, -0.05) is 5.16 Å². The quantitative estimate of drug-likeness (QED) is 0.708. The van der Waals surface area contributed by atoms with Crippen LogP contribution in [0.25, 0.3) is 11.4 Å². The average Bonchev–Trinajstić information content (AvgIpc) is 3.29. The molecule has 0 aliphatic carbocycles. The number of anilines is 2. The molecule has 6 nitrogen and oxygen atoms in total. The van der Waals surface area contributed by atoms with E-state index in [1.54, 1.807) is 17.0 Å². The Morgan fingerprint density at radius 3 is 2.48 bits per heavy atom. The maximum atomic E-state index is 13.1. The molecular weight excluding hydrogens is 347 g/mol. The van der Waals surface area contributed by atoms with E-state index in [1.165, 1.54) is 12.1 Å². The first-order valence-electron chi connectivity index (χ1n) is 8.68. The van der Waals surface area contributed by atoms with Crippen LogP contribution >= 0.6 is 0 Å². The van der Waals surface area contributed by atoms with Crippen molar-refractivity contribution in [1.29, 1.82) is 0 Å². The number of nitrogens with zero attached hydrogens (tertiary/aromatic N) is 4. The third-order valence-electron chi connectivity index (χ3n) is 4.70. The van der Waals surface area contributed by atoms with Gasteiger partial charge in [0.25, 0.3) is 0 Å². The van der Waals surface area contributed by atoms with Gasteiger partial charge >= 0.3 is 0 Å². The summed E-state index contributed by atoms with van der Waals surface area (Å²) in [6.45, 7) is 0.436. The van der Waals surface area contributed by atoms with Crippen LogP contribution in [0.4, 0.5) is 15.8 Å². The van der Waals surface area contributed by atoms with E-state index < -0.39 is 0 Å². The van der Waals surface area contributed by atoms with Gasteiger partial charge in [0.15, 0.2) is 0 Å². The third kappa shape index (κ3) is 3.40. The van der Waals surface area contributed by atoms with Gasteiger partial charge in [-0.25, -0.2) is 4.39 Å². The number of hydrogen-bond donors (Lipinski definition) is 0. The van der Waals surface area contributed by atoms with Crippen molar-refractivity contribution >= 4 is 17.3 Å². The highest BCUT2D eigenvalue weighted by Crippen LogP contribution is 2.32. The summed E-state index contributed by atoms with van der Waals surface area (Å²) in [6.07, 6.45) is 0.290. The van der Waals surface area contributed by atoms with Crippen LogP contribution in [0.15, 0.2) is 53.1 Å². The van der Waals surface area contributed by atoms with Gasteiger partial charge in [0.2, 0.25) is 17.6 Å². The van der Waals surface area contributed by atoms with E-state index >= 15 is 0 Å². The fourth-order valence-corrected chi connectivity index (χ4v) is 3.17. The fraction of sp³-hybridized carbons (Fsp3) is 0.250. The third-order valence-corrected chi connectivity index (χ3v) is 4.70. The SMILES string of the molecule is CN(C)c1ccc(-c2noc([C@@H]3CC(=O)N(c4ccc(F)cc4)C3)n2)cc1. The summed E-state index contributed by atoms with van der Waals surface area (Å²) in [7, 11) is 3.96. The zero-order chi connectivity index (χ0) is 19.0. The molecule has 1 aromatic heterocycles. The van der Waals surface area contributed by atoms with Crippen molar-refractivity contribution in [2.45, 2.75) is 12.3 Å².